The highest BCUT2D eigenvalue weighted by atomic mass is 35.5. The van der Waals surface area contributed by atoms with Gasteiger partial charge in [0.1, 0.15) is 42.9 Å². The minimum absolute atomic E-state index is 0.190. The molecule has 13 nitrogen and oxygen atoms in total. The van der Waals surface area contributed by atoms with E-state index in [1.165, 1.54) is 6.33 Å². The molecule has 0 aliphatic rings. The van der Waals surface area contributed by atoms with E-state index >= 15 is 0 Å². The summed E-state index contributed by atoms with van der Waals surface area (Å²) >= 11 is 6.45. The van der Waals surface area contributed by atoms with Crippen molar-refractivity contribution in [3.05, 3.63) is 77.8 Å². The summed E-state index contributed by atoms with van der Waals surface area (Å²) < 4.78 is 11.5. The lowest BCUT2D eigenvalue weighted by Crippen LogP contribution is -2.44. The number of halogens is 1. The number of ether oxygens (including phenoxy) is 2. The Kier molecular flexibility index (Phi) is 11.0. The van der Waals surface area contributed by atoms with Crippen LogP contribution in [0.4, 0.5) is 11.5 Å². The van der Waals surface area contributed by atoms with Gasteiger partial charge in [-0.05, 0) is 48.5 Å². The Labute approximate surface area is 251 Å². The molecular weight excluding hydrogens is 582 g/mol. The number of carbonyl (C=O) groups is 2. The highest BCUT2D eigenvalue weighted by molar-refractivity contribution is 6.32. The molecule has 0 spiro atoms. The smallest absolute Gasteiger partial charge is 0.328 e. The predicted molar refractivity (Wildman–Crippen MR) is 156 cm³/mol. The Balaban J connectivity index is 1.34. The number of carboxylic acids is 1. The zero-order valence-corrected chi connectivity index (χ0v) is 23.5. The molecule has 0 saturated heterocycles. The molecule has 2 aromatic heterocycles. The normalized spacial score (nSPS) is 13.1. The fourth-order valence-corrected chi connectivity index (χ4v) is 4.24. The number of benzene rings is 2. The summed E-state index contributed by atoms with van der Waals surface area (Å²) in [5.41, 5.74) is 2.06. The van der Waals surface area contributed by atoms with Gasteiger partial charge in [0.2, 0.25) is 5.91 Å². The van der Waals surface area contributed by atoms with Gasteiger partial charge >= 0.3 is 5.97 Å². The van der Waals surface area contributed by atoms with Crippen LogP contribution in [-0.2, 0) is 16.2 Å². The standard InChI is InChI=1S/C29H30ClN5O8/c30-23-9-17(4-7-26(23)43-14-18-3-1-2-8-31-18)34-28-22-12-21(5-6-24(22)32-16-33-28)42-15-20(38)10-19(37)11-27(39)35-25(13-36)29(40)41/h1-9,12,16,19-20,25,36-38H,10-11,13-15H2,(H,35,39)(H,40,41)(H,32,33,34). The number of carbonyl (C=O) groups excluding carboxylic acids is 1. The largest absolute Gasteiger partial charge is 0.491 e. The van der Waals surface area contributed by atoms with Crippen molar-refractivity contribution in [1.29, 1.82) is 0 Å². The molecule has 0 saturated carbocycles. The van der Waals surface area contributed by atoms with Crippen LogP contribution in [0.5, 0.6) is 11.5 Å². The lowest BCUT2D eigenvalue weighted by Gasteiger charge is -2.18. The monoisotopic (exact) mass is 611 g/mol. The van der Waals surface area contributed by atoms with E-state index in [1.54, 1.807) is 42.6 Å². The van der Waals surface area contributed by atoms with Crippen LogP contribution in [0.2, 0.25) is 5.02 Å². The van der Waals surface area contributed by atoms with Crippen LogP contribution in [-0.4, -0.2) is 78.7 Å². The lowest BCUT2D eigenvalue weighted by atomic mass is 10.1. The lowest BCUT2D eigenvalue weighted by molar-refractivity contribution is -0.143. The van der Waals surface area contributed by atoms with Crippen molar-refractivity contribution < 1.29 is 39.5 Å². The minimum atomic E-state index is -1.47. The first-order valence-corrected chi connectivity index (χ1v) is 13.6. The first kappa shape index (κ1) is 31.4. The van der Waals surface area contributed by atoms with Crippen molar-refractivity contribution in [2.45, 2.75) is 37.7 Å². The fraction of sp³-hybridized carbons (Fsp3) is 0.276. The average molecular weight is 612 g/mol. The number of hydrogen-bond acceptors (Lipinski definition) is 11. The number of hydrogen-bond donors (Lipinski definition) is 6. The van der Waals surface area contributed by atoms with Crippen LogP contribution < -0.4 is 20.1 Å². The quantitative estimate of drug-likeness (QED) is 0.115. The van der Waals surface area contributed by atoms with Crippen molar-refractivity contribution in [2.24, 2.45) is 0 Å². The second-order valence-corrected chi connectivity index (χ2v) is 9.89. The minimum Gasteiger partial charge on any atom is -0.491 e. The summed E-state index contributed by atoms with van der Waals surface area (Å²) in [7, 11) is 0. The Morgan fingerprint density at radius 2 is 1.81 bits per heavy atom. The molecule has 4 aromatic rings. The van der Waals surface area contributed by atoms with Gasteiger partial charge in [-0.3, -0.25) is 9.78 Å². The topological polar surface area (TPSA) is 196 Å². The third kappa shape index (κ3) is 9.21. The first-order valence-electron chi connectivity index (χ1n) is 13.2. The Hall–Kier alpha value is -4.56. The van der Waals surface area contributed by atoms with Crippen molar-refractivity contribution in [1.82, 2.24) is 20.3 Å². The second kappa shape index (κ2) is 15.1. The molecule has 3 unspecified atom stereocenters. The maximum absolute atomic E-state index is 11.9. The van der Waals surface area contributed by atoms with E-state index in [-0.39, 0.29) is 19.6 Å². The van der Waals surface area contributed by atoms with E-state index in [4.69, 9.17) is 31.3 Å². The Morgan fingerprint density at radius 1 is 0.977 bits per heavy atom. The van der Waals surface area contributed by atoms with Crippen molar-refractivity contribution in [3.8, 4) is 11.5 Å². The molecule has 3 atom stereocenters. The van der Waals surface area contributed by atoms with Gasteiger partial charge in [-0.2, -0.15) is 0 Å². The summed E-state index contributed by atoms with van der Waals surface area (Å²) in [6, 6.07) is 14.4. The number of pyridine rings is 1. The van der Waals surface area contributed by atoms with Gasteiger partial charge in [0, 0.05) is 23.7 Å². The maximum atomic E-state index is 11.9. The SMILES string of the molecule is O=C(CC(O)CC(O)COc1ccc2ncnc(Nc3ccc(OCc4ccccn4)c(Cl)c3)c2c1)NC(CO)C(=O)O. The molecule has 2 aromatic carbocycles. The number of aromatic nitrogens is 3. The number of aliphatic hydroxyl groups excluding tert-OH is 3. The Morgan fingerprint density at radius 3 is 2.53 bits per heavy atom. The average Bonchev–Trinajstić information content (AvgIpc) is 2.99. The molecule has 0 aliphatic heterocycles. The van der Waals surface area contributed by atoms with Gasteiger partial charge in [-0.25, -0.2) is 14.8 Å². The third-order valence-corrected chi connectivity index (χ3v) is 6.42. The molecule has 4 rings (SSSR count). The van der Waals surface area contributed by atoms with Gasteiger partial charge in [-0.15, -0.1) is 0 Å². The molecule has 0 radical (unpaired) electrons. The molecule has 43 heavy (non-hydrogen) atoms. The number of aliphatic carboxylic acids is 1. The number of amides is 1. The second-order valence-electron chi connectivity index (χ2n) is 9.48. The zero-order valence-electron chi connectivity index (χ0n) is 22.8. The van der Waals surface area contributed by atoms with E-state index < -0.39 is 43.2 Å². The molecule has 1 amide bonds. The van der Waals surface area contributed by atoms with Crippen LogP contribution in [0.3, 0.4) is 0 Å². The van der Waals surface area contributed by atoms with Crippen LogP contribution in [0, 0.1) is 0 Å². The van der Waals surface area contributed by atoms with Gasteiger partial charge in [0.05, 0.1) is 41.5 Å². The van der Waals surface area contributed by atoms with E-state index in [9.17, 15) is 19.8 Å². The third-order valence-electron chi connectivity index (χ3n) is 6.13. The van der Waals surface area contributed by atoms with E-state index in [2.05, 4.69) is 25.6 Å². The molecule has 6 N–H and O–H groups in total. The maximum Gasteiger partial charge on any atom is 0.328 e. The van der Waals surface area contributed by atoms with Crippen LogP contribution in [0.15, 0.2) is 67.1 Å². The van der Waals surface area contributed by atoms with Gasteiger partial charge in [0.25, 0.3) is 0 Å². The number of nitrogens with one attached hydrogen (secondary N) is 2. The highest BCUT2D eigenvalue weighted by Gasteiger charge is 2.22. The van der Waals surface area contributed by atoms with Crippen molar-refractivity contribution in [3.63, 3.8) is 0 Å². The van der Waals surface area contributed by atoms with Crippen molar-refractivity contribution in [2.75, 3.05) is 18.5 Å². The van der Waals surface area contributed by atoms with Gasteiger partial charge in [-0.1, -0.05) is 17.7 Å². The summed E-state index contributed by atoms with van der Waals surface area (Å²) in [4.78, 5) is 35.7. The number of rotatable bonds is 15. The van der Waals surface area contributed by atoms with E-state index in [1.807, 2.05) is 18.2 Å². The number of fused-ring (bicyclic) bond motifs is 1. The van der Waals surface area contributed by atoms with E-state index in [0.717, 1.165) is 5.69 Å². The molecule has 2 heterocycles. The highest BCUT2D eigenvalue weighted by Crippen LogP contribution is 2.32. The molecule has 14 heteroatoms. The number of anilines is 2. The summed E-state index contributed by atoms with van der Waals surface area (Å²) in [5, 5.41) is 44.7. The molecule has 226 valence electrons. The van der Waals surface area contributed by atoms with Gasteiger partial charge in [0.15, 0.2) is 0 Å². The molecular formula is C29H30ClN5O8. The molecule has 0 aliphatic carbocycles. The first-order chi connectivity index (χ1) is 20.7. The Bertz CT molecular complexity index is 1540. The fourth-order valence-electron chi connectivity index (χ4n) is 4.00. The van der Waals surface area contributed by atoms with E-state index in [0.29, 0.717) is 38.9 Å². The summed E-state index contributed by atoms with van der Waals surface area (Å²) in [6.45, 7) is -0.706. The number of nitrogens with zero attached hydrogens (tertiary/aromatic N) is 3. The van der Waals surface area contributed by atoms with Crippen LogP contribution >= 0.6 is 11.6 Å². The summed E-state index contributed by atoms with van der Waals surface area (Å²) in [6.07, 6.45) is 0.0644. The molecule has 0 bridgehead atoms. The van der Waals surface area contributed by atoms with Crippen molar-refractivity contribution >= 4 is 45.9 Å². The number of carboxylic acid groups (broad SMARTS) is 1. The molecule has 0 fully saturated rings. The number of aliphatic hydroxyl groups is 3. The van der Waals surface area contributed by atoms with Crippen LogP contribution in [0.25, 0.3) is 10.9 Å². The predicted octanol–water partition coefficient (Wildman–Crippen LogP) is 2.44. The summed E-state index contributed by atoms with van der Waals surface area (Å²) in [5.74, 6) is -0.787. The zero-order chi connectivity index (χ0) is 30.8. The van der Waals surface area contributed by atoms with Crippen LogP contribution in [0.1, 0.15) is 18.5 Å². The van der Waals surface area contributed by atoms with Gasteiger partial charge < -0.3 is 40.5 Å².